The Morgan fingerprint density at radius 3 is 1.09 bits per heavy atom. The molecule has 0 aliphatic carbocycles. The summed E-state index contributed by atoms with van der Waals surface area (Å²) in [5.41, 5.74) is 0. The molecule has 0 rings (SSSR count). The first-order valence-electron chi connectivity index (χ1n) is 4.09. The van der Waals surface area contributed by atoms with Crippen LogP contribution in [0.2, 0.25) is 0 Å². The van der Waals surface area contributed by atoms with Crippen molar-refractivity contribution < 1.29 is 5.11 Å². The van der Waals surface area contributed by atoms with Crippen LogP contribution in [0.15, 0.2) is 0 Å². The Hall–Kier alpha value is -0.120. The molecule has 0 bridgehead atoms. The lowest BCUT2D eigenvalue weighted by molar-refractivity contribution is 0.318. The van der Waals surface area contributed by atoms with Crippen LogP contribution in [0.5, 0.6) is 0 Å². The van der Waals surface area contributed by atoms with Crippen LogP contribution in [0.3, 0.4) is 0 Å². The van der Waals surface area contributed by atoms with E-state index in [1.165, 1.54) is 19.6 Å². The van der Waals surface area contributed by atoms with Crippen molar-refractivity contribution in [1.82, 2.24) is 11.1 Å². The summed E-state index contributed by atoms with van der Waals surface area (Å²) in [7, 11) is 0. The summed E-state index contributed by atoms with van der Waals surface area (Å²) in [6, 6.07) is 0. The van der Waals surface area contributed by atoms with Gasteiger partial charge in [0, 0.05) is 6.61 Å². The summed E-state index contributed by atoms with van der Waals surface area (Å²) >= 11 is 0. The maximum Gasteiger partial charge on any atom is 0.0402 e. The SMILES string of the molecule is CCN(CC)CC.CCO.N. The molecule has 0 aliphatic rings. The minimum absolute atomic E-state index is 0. The van der Waals surface area contributed by atoms with Gasteiger partial charge >= 0.3 is 0 Å². The van der Waals surface area contributed by atoms with E-state index in [-0.39, 0.29) is 12.8 Å². The molecule has 0 aliphatic heterocycles. The van der Waals surface area contributed by atoms with E-state index in [0.29, 0.717) is 0 Å². The van der Waals surface area contributed by atoms with Crippen molar-refractivity contribution in [2.45, 2.75) is 27.7 Å². The summed E-state index contributed by atoms with van der Waals surface area (Å²) in [4.78, 5) is 2.38. The van der Waals surface area contributed by atoms with Gasteiger partial charge in [-0.15, -0.1) is 0 Å². The van der Waals surface area contributed by atoms with E-state index in [2.05, 4.69) is 25.7 Å². The van der Waals surface area contributed by atoms with Crippen molar-refractivity contribution in [3.63, 3.8) is 0 Å². The fourth-order valence-electron chi connectivity index (χ4n) is 0.671. The highest BCUT2D eigenvalue weighted by molar-refractivity contribution is 4.43. The van der Waals surface area contributed by atoms with E-state index in [0.717, 1.165) is 0 Å². The molecule has 0 aromatic heterocycles. The molecular formula is C8H24N2O. The fraction of sp³-hybridized carbons (Fsp3) is 1.00. The van der Waals surface area contributed by atoms with Gasteiger partial charge in [0.15, 0.2) is 0 Å². The fourth-order valence-corrected chi connectivity index (χ4v) is 0.671. The van der Waals surface area contributed by atoms with E-state index in [1.807, 2.05) is 0 Å². The van der Waals surface area contributed by atoms with E-state index in [9.17, 15) is 0 Å². The molecule has 0 aromatic rings. The predicted octanol–water partition coefficient (Wildman–Crippen LogP) is 1.51. The monoisotopic (exact) mass is 164 g/mol. The molecule has 0 heterocycles. The molecule has 72 valence electrons. The molecule has 0 fully saturated rings. The first-order valence-corrected chi connectivity index (χ1v) is 4.09. The molecule has 0 atom stereocenters. The summed E-state index contributed by atoms with van der Waals surface area (Å²) in [6.45, 7) is 12.1. The number of nitrogens with zero attached hydrogens (tertiary/aromatic N) is 1. The largest absolute Gasteiger partial charge is 0.397 e. The third-order valence-corrected chi connectivity index (χ3v) is 1.34. The van der Waals surface area contributed by atoms with Crippen LogP contribution in [-0.2, 0) is 0 Å². The molecule has 0 unspecified atom stereocenters. The molecular weight excluding hydrogens is 140 g/mol. The second kappa shape index (κ2) is 16.5. The Morgan fingerprint density at radius 2 is 1.09 bits per heavy atom. The summed E-state index contributed by atoms with van der Waals surface area (Å²) in [5, 5.41) is 7.57. The molecule has 0 saturated carbocycles. The molecule has 0 spiro atoms. The van der Waals surface area contributed by atoms with Gasteiger partial charge in [-0.25, -0.2) is 0 Å². The van der Waals surface area contributed by atoms with Crippen molar-refractivity contribution in [3.8, 4) is 0 Å². The summed E-state index contributed by atoms with van der Waals surface area (Å²) in [5.74, 6) is 0. The van der Waals surface area contributed by atoms with Crippen LogP contribution in [0.25, 0.3) is 0 Å². The van der Waals surface area contributed by atoms with Crippen LogP contribution in [0.1, 0.15) is 27.7 Å². The zero-order chi connectivity index (χ0) is 8.41. The van der Waals surface area contributed by atoms with E-state index in [1.54, 1.807) is 6.92 Å². The number of hydrogen-bond acceptors (Lipinski definition) is 3. The maximum atomic E-state index is 7.57. The number of aliphatic hydroxyl groups is 1. The van der Waals surface area contributed by atoms with Crippen LogP contribution in [0, 0.1) is 0 Å². The minimum Gasteiger partial charge on any atom is -0.397 e. The van der Waals surface area contributed by atoms with Crippen molar-refractivity contribution >= 4 is 0 Å². The van der Waals surface area contributed by atoms with Crippen LogP contribution in [-0.4, -0.2) is 36.2 Å². The van der Waals surface area contributed by atoms with Gasteiger partial charge in [0.1, 0.15) is 0 Å². The standard InChI is InChI=1S/C6H15N.C2H6O.H3N/c1-4-7(5-2)6-3;1-2-3;/h4-6H2,1-3H3;3H,2H2,1H3;1H3. The molecule has 3 nitrogen and oxygen atoms in total. The van der Waals surface area contributed by atoms with Crippen LogP contribution >= 0.6 is 0 Å². The quantitative estimate of drug-likeness (QED) is 0.664. The van der Waals surface area contributed by atoms with E-state index in [4.69, 9.17) is 5.11 Å². The van der Waals surface area contributed by atoms with Gasteiger partial charge in [-0.3, -0.25) is 0 Å². The van der Waals surface area contributed by atoms with Crippen molar-refractivity contribution in [1.29, 1.82) is 0 Å². The zero-order valence-electron chi connectivity index (χ0n) is 8.43. The van der Waals surface area contributed by atoms with Gasteiger partial charge < -0.3 is 16.2 Å². The molecule has 0 saturated heterocycles. The zero-order valence-corrected chi connectivity index (χ0v) is 8.43. The van der Waals surface area contributed by atoms with Gasteiger partial charge in [-0.05, 0) is 26.6 Å². The smallest absolute Gasteiger partial charge is 0.0402 e. The molecule has 3 heteroatoms. The second-order valence-electron chi connectivity index (χ2n) is 1.94. The topological polar surface area (TPSA) is 58.5 Å². The average Bonchev–Trinajstić information content (AvgIpc) is 1.93. The molecule has 0 aromatic carbocycles. The van der Waals surface area contributed by atoms with Gasteiger partial charge in [0.25, 0.3) is 0 Å². The normalized spacial score (nSPS) is 8.18. The van der Waals surface area contributed by atoms with Crippen LogP contribution < -0.4 is 6.15 Å². The molecule has 0 amide bonds. The lowest BCUT2D eigenvalue weighted by Gasteiger charge is -2.13. The number of aliphatic hydroxyl groups excluding tert-OH is 1. The van der Waals surface area contributed by atoms with Gasteiger partial charge in [0.05, 0.1) is 0 Å². The van der Waals surface area contributed by atoms with Crippen molar-refractivity contribution in [3.05, 3.63) is 0 Å². The second-order valence-corrected chi connectivity index (χ2v) is 1.94. The highest BCUT2D eigenvalue weighted by atomic mass is 16.2. The molecule has 11 heavy (non-hydrogen) atoms. The predicted molar refractivity (Wildman–Crippen MR) is 51.2 cm³/mol. The summed E-state index contributed by atoms with van der Waals surface area (Å²) < 4.78 is 0. The Bertz CT molecular complexity index is 41.8. The minimum atomic E-state index is 0. The third-order valence-electron chi connectivity index (χ3n) is 1.34. The Kier molecular flexibility index (Phi) is 25.6. The average molecular weight is 164 g/mol. The molecule has 0 radical (unpaired) electrons. The lowest BCUT2D eigenvalue weighted by Crippen LogP contribution is -2.21. The lowest BCUT2D eigenvalue weighted by atomic mass is 10.5. The number of rotatable bonds is 3. The Balaban J connectivity index is -0.000000140. The molecule has 4 N–H and O–H groups in total. The number of hydrogen-bond donors (Lipinski definition) is 2. The first-order chi connectivity index (χ1) is 4.76. The third kappa shape index (κ3) is 17.7. The van der Waals surface area contributed by atoms with Gasteiger partial charge in [-0.2, -0.15) is 0 Å². The Morgan fingerprint density at radius 1 is 0.909 bits per heavy atom. The van der Waals surface area contributed by atoms with E-state index >= 15 is 0 Å². The van der Waals surface area contributed by atoms with Gasteiger partial charge in [-0.1, -0.05) is 20.8 Å². The Labute approximate surface area is 71.0 Å². The highest BCUT2D eigenvalue weighted by Crippen LogP contribution is 1.81. The maximum absolute atomic E-state index is 7.57. The van der Waals surface area contributed by atoms with Crippen molar-refractivity contribution in [2.24, 2.45) is 0 Å². The van der Waals surface area contributed by atoms with E-state index < -0.39 is 0 Å². The first kappa shape index (κ1) is 17.1. The summed E-state index contributed by atoms with van der Waals surface area (Å²) in [6.07, 6.45) is 0. The van der Waals surface area contributed by atoms with Crippen LogP contribution in [0.4, 0.5) is 0 Å². The highest BCUT2D eigenvalue weighted by Gasteiger charge is 1.89. The van der Waals surface area contributed by atoms with Gasteiger partial charge in [0.2, 0.25) is 0 Å². The van der Waals surface area contributed by atoms with Crippen molar-refractivity contribution in [2.75, 3.05) is 26.2 Å².